The minimum Gasteiger partial charge on any atom is -0.468 e. The van der Waals surface area contributed by atoms with Gasteiger partial charge in [-0.05, 0) is 13.8 Å². The Morgan fingerprint density at radius 2 is 2.13 bits per heavy atom. The Hall–Kier alpha value is -2.14. The maximum absolute atomic E-state index is 13.1. The van der Waals surface area contributed by atoms with Crippen molar-refractivity contribution in [2.45, 2.75) is 32.4 Å². The smallest absolute Gasteiger partial charge is 0.406 e. The second kappa shape index (κ2) is 14.0. The van der Waals surface area contributed by atoms with Crippen molar-refractivity contribution in [2.24, 2.45) is 0 Å². The van der Waals surface area contributed by atoms with E-state index >= 15 is 0 Å². The molecule has 1 aliphatic heterocycles. The average Bonchev–Trinajstić information content (AvgIpc) is 3.21. The largest absolute Gasteiger partial charge is 0.468 e. The molecule has 1 N–H and O–H groups in total. The number of hydrogen-bond acceptors (Lipinski definition) is 8. The molecule has 0 aromatic heterocycles. The maximum atomic E-state index is 13.1. The molecule has 12 heteroatoms. The third-order valence-corrected chi connectivity index (χ3v) is 5.32. The van der Waals surface area contributed by atoms with E-state index in [-0.39, 0.29) is 19.8 Å². The summed E-state index contributed by atoms with van der Waals surface area (Å²) >= 11 is 0. The van der Waals surface area contributed by atoms with Gasteiger partial charge in [0.1, 0.15) is 18.5 Å². The molecule has 0 saturated carbocycles. The standard InChI is InChI=1S/C19H28FN2O8P/c1-5-6-7-8-9-10-28-31(25,21-16(3)19(24)26-4)29-13-18-27-12-17(30-18)22(14-23)11-15(2)20/h5-9,11,14,16-18H,1,10,12-13H2,2-4H3,(H,21,25)/b7-6-,9-8-,15-11+/t16-,17+,18+,31?/m0/s1. The molecule has 1 amide bonds. The zero-order valence-electron chi connectivity index (χ0n) is 17.6. The number of rotatable bonds is 14. The molecular weight excluding hydrogens is 434 g/mol. The summed E-state index contributed by atoms with van der Waals surface area (Å²) in [6.07, 6.45) is 7.68. The van der Waals surface area contributed by atoms with Crippen molar-refractivity contribution in [3.8, 4) is 0 Å². The summed E-state index contributed by atoms with van der Waals surface area (Å²) in [6.45, 7) is 5.66. The summed E-state index contributed by atoms with van der Waals surface area (Å²) < 4.78 is 52.2. The number of ether oxygens (including phenoxy) is 3. The number of carbonyl (C=O) groups is 2. The first-order chi connectivity index (χ1) is 14.7. The Morgan fingerprint density at radius 1 is 1.39 bits per heavy atom. The molecule has 174 valence electrons. The molecular formula is C19H28FN2O8P. The van der Waals surface area contributed by atoms with Crippen molar-refractivity contribution < 1.29 is 41.8 Å². The van der Waals surface area contributed by atoms with Crippen LogP contribution in [0.3, 0.4) is 0 Å². The molecule has 1 saturated heterocycles. The zero-order chi connectivity index (χ0) is 23.3. The van der Waals surface area contributed by atoms with Crippen LogP contribution in [0.4, 0.5) is 4.39 Å². The zero-order valence-corrected chi connectivity index (χ0v) is 18.5. The summed E-state index contributed by atoms with van der Waals surface area (Å²) in [6, 6.07) is -0.984. The minimum absolute atomic E-state index is 0.0495. The molecule has 1 rings (SSSR count). The molecule has 0 radical (unpaired) electrons. The Balaban J connectivity index is 2.73. The lowest BCUT2D eigenvalue weighted by molar-refractivity contribution is -0.142. The highest BCUT2D eigenvalue weighted by Gasteiger charge is 2.35. The van der Waals surface area contributed by atoms with E-state index in [0.29, 0.717) is 6.41 Å². The molecule has 0 aromatic rings. The summed E-state index contributed by atoms with van der Waals surface area (Å²) in [4.78, 5) is 23.7. The number of esters is 1. The van der Waals surface area contributed by atoms with Crippen molar-refractivity contribution in [2.75, 3.05) is 26.9 Å². The highest BCUT2D eigenvalue weighted by atomic mass is 31.2. The van der Waals surface area contributed by atoms with Gasteiger partial charge in [0.2, 0.25) is 6.41 Å². The maximum Gasteiger partial charge on any atom is 0.406 e. The van der Waals surface area contributed by atoms with E-state index in [0.717, 1.165) is 11.1 Å². The Bertz CT molecular complexity index is 738. The van der Waals surface area contributed by atoms with Crippen LogP contribution in [0.1, 0.15) is 13.8 Å². The monoisotopic (exact) mass is 462 g/mol. The van der Waals surface area contributed by atoms with Gasteiger partial charge in [0.05, 0.1) is 20.3 Å². The fourth-order valence-corrected chi connectivity index (χ4v) is 3.63. The van der Waals surface area contributed by atoms with Gasteiger partial charge in [0.15, 0.2) is 12.5 Å². The number of methoxy groups -OCH3 is 1. The van der Waals surface area contributed by atoms with Crippen LogP contribution in [0.2, 0.25) is 0 Å². The summed E-state index contributed by atoms with van der Waals surface area (Å²) in [5, 5.41) is 2.47. The highest BCUT2D eigenvalue weighted by Crippen LogP contribution is 2.44. The van der Waals surface area contributed by atoms with Crippen molar-refractivity contribution in [1.82, 2.24) is 9.99 Å². The third-order valence-electron chi connectivity index (χ3n) is 3.64. The molecule has 10 nitrogen and oxygen atoms in total. The van der Waals surface area contributed by atoms with E-state index in [9.17, 15) is 18.5 Å². The minimum atomic E-state index is -3.98. The van der Waals surface area contributed by atoms with Gasteiger partial charge >= 0.3 is 13.7 Å². The van der Waals surface area contributed by atoms with Gasteiger partial charge in [-0.25, -0.2) is 14.0 Å². The summed E-state index contributed by atoms with van der Waals surface area (Å²) in [5.74, 6) is -1.26. The molecule has 0 bridgehead atoms. The van der Waals surface area contributed by atoms with Crippen LogP contribution in [0.15, 0.2) is 49.0 Å². The fraction of sp³-hybridized carbons (Fsp3) is 0.474. The van der Waals surface area contributed by atoms with Crippen LogP contribution in [0.5, 0.6) is 0 Å². The van der Waals surface area contributed by atoms with Gasteiger partial charge in [-0.3, -0.25) is 23.5 Å². The Morgan fingerprint density at radius 3 is 2.74 bits per heavy atom. The third kappa shape index (κ3) is 10.1. The van der Waals surface area contributed by atoms with E-state index < -0.39 is 38.1 Å². The summed E-state index contributed by atoms with van der Waals surface area (Å²) in [5.41, 5.74) is 0. The molecule has 0 aliphatic carbocycles. The molecule has 4 atom stereocenters. The van der Waals surface area contributed by atoms with Crippen LogP contribution in [-0.2, 0) is 37.4 Å². The molecule has 31 heavy (non-hydrogen) atoms. The molecule has 0 spiro atoms. The van der Waals surface area contributed by atoms with Crippen molar-refractivity contribution in [1.29, 1.82) is 0 Å². The van der Waals surface area contributed by atoms with Gasteiger partial charge in [0, 0.05) is 6.20 Å². The Kier molecular flexibility index (Phi) is 12.2. The second-order valence-electron chi connectivity index (χ2n) is 6.13. The van der Waals surface area contributed by atoms with Crippen LogP contribution < -0.4 is 5.09 Å². The van der Waals surface area contributed by atoms with E-state index in [1.165, 1.54) is 21.0 Å². The van der Waals surface area contributed by atoms with E-state index in [2.05, 4.69) is 16.4 Å². The van der Waals surface area contributed by atoms with Crippen molar-refractivity contribution in [3.05, 3.63) is 49.0 Å². The molecule has 0 aromatic carbocycles. The Labute approximate surface area is 180 Å². The van der Waals surface area contributed by atoms with Crippen LogP contribution in [0, 0.1) is 0 Å². The first-order valence-corrected chi connectivity index (χ1v) is 10.8. The molecule has 1 aliphatic rings. The number of nitrogens with one attached hydrogen (secondary N) is 1. The van der Waals surface area contributed by atoms with E-state index in [1.54, 1.807) is 30.4 Å². The van der Waals surface area contributed by atoms with Gasteiger partial charge in [-0.15, -0.1) is 0 Å². The number of nitrogens with zero attached hydrogens (tertiary/aromatic N) is 1. The normalized spacial score (nSPS) is 22.4. The lowest BCUT2D eigenvalue weighted by atomic mass is 10.4. The van der Waals surface area contributed by atoms with E-state index in [4.69, 9.17) is 18.5 Å². The number of carbonyl (C=O) groups excluding carboxylic acids is 2. The first kappa shape index (κ1) is 26.9. The average molecular weight is 462 g/mol. The lowest BCUT2D eigenvalue weighted by Crippen LogP contribution is -2.35. The van der Waals surface area contributed by atoms with Gasteiger partial charge in [-0.2, -0.15) is 0 Å². The molecule has 1 unspecified atom stereocenters. The van der Waals surface area contributed by atoms with Gasteiger partial charge in [-0.1, -0.05) is 37.0 Å². The number of allylic oxidation sites excluding steroid dienone is 5. The topological polar surface area (TPSA) is 113 Å². The van der Waals surface area contributed by atoms with Crippen LogP contribution >= 0.6 is 7.75 Å². The van der Waals surface area contributed by atoms with Crippen LogP contribution in [0.25, 0.3) is 0 Å². The number of halogens is 1. The quantitative estimate of drug-likeness (QED) is 0.180. The lowest BCUT2D eigenvalue weighted by Gasteiger charge is -2.23. The number of amides is 1. The number of hydrogen-bond donors (Lipinski definition) is 1. The second-order valence-corrected chi connectivity index (χ2v) is 7.90. The first-order valence-electron chi connectivity index (χ1n) is 9.27. The van der Waals surface area contributed by atoms with Crippen molar-refractivity contribution >= 4 is 20.1 Å². The van der Waals surface area contributed by atoms with Gasteiger partial charge in [0.25, 0.3) is 0 Å². The highest BCUT2D eigenvalue weighted by molar-refractivity contribution is 7.51. The molecule has 1 heterocycles. The van der Waals surface area contributed by atoms with Crippen LogP contribution in [-0.4, -0.2) is 62.8 Å². The predicted octanol–water partition coefficient (Wildman–Crippen LogP) is 2.57. The predicted molar refractivity (Wildman–Crippen MR) is 110 cm³/mol. The molecule has 1 fully saturated rings. The fourth-order valence-electron chi connectivity index (χ4n) is 2.23. The SMILES string of the molecule is C=C/C=C\C=C/COP(=O)(N[C@@H](C)C(=O)OC)OC[C@@H]1OC[C@H](N(C=O)/C=C(\C)F)O1. The van der Waals surface area contributed by atoms with E-state index in [1.807, 2.05) is 0 Å². The van der Waals surface area contributed by atoms with Gasteiger partial charge < -0.3 is 14.2 Å². The van der Waals surface area contributed by atoms with Crippen molar-refractivity contribution in [3.63, 3.8) is 0 Å². The summed E-state index contributed by atoms with van der Waals surface area (Å²) in [7, 11) is -2.80.